The van der Waals surface area contributed by atoms with Gasteiger partial charge in [0.05, 0.1) is 19.3 Å². The Kier molecular flexibility index (Phi) is 7.77. The topological polar surface area (TPSA) is 54.9 Å². The molecule has 0 bridgehead atoms. The zero-order valence-corrected chi connectivity index (χ0v) is 16.0. The molecule has 5 nitrogen and oxygen atoms in total. The number of guanidine groups is 1. The highest BCUT2D eigenvalue weighted by molar-refractivity contribution is 5.79. The van der Waals surface area contributed by atoms with Crippen LogP contribution in [0, 0.1) is 0 Å². The van der Waals surface area contributed by atoms with E-state index in [4.69, 9.17) is 9.47 Å². The summed E-state index contributed by atoms with van der Waals surface area (Å²) in [6, 6.07) is 11.4. The molecule has 1 aromatic carbocycles. The van der Waals surface area contributed by atoms with E-state index in [0.29, 0.717) is 31.3 Å². The van der Waals surface area contributed by atoms with Crippen LogP contribution in [0.1, 0.15) is 50.0 Å². The molecular weight excluding hydrogens is 326 g/mol. The molecule has 144 valence electrons. The Labute approximate surface area is 157 Å². The fourth-order valence-corrected chi connectivity index (χ4v) is 3.92. The number of ether oxygens (including phenoxy) is 2. The number of aliphatic imine (C=N–C) groups is 1. The largest absolute Gasteiger partial charge is 0.377 e. The number of rotatable bonds is 7. The second-order valence-corrected chi connectivity index (χ2v) is 7.31. The molecule has 1 saturated heterocycles. The summed E-state index contributed by atoms with van der Waals surface area (Å²) in [4.78, 5) is 4.35. The van der Waals surface area contributed by atoms with Crippen LogP contribution in [0.3, 0.4) is 0 Å². The molecule has 0 aromatic heterocycles. The smallest absolute Gasteiger partial charge is 0.191 e. The van der Waals surface area contributed by atoms with Crippen molar-refractivity contribution in [2.24, 2.45) is 4.99 Å². The van der Waals surface area contributed by atoms with Gasteiger partial charge in [-0.3, -0.25) is 4.99 Å². The van der Waals surface area contributed by atoms with Crippen LogP contribution in [0.4, 0.5) is 0 Å². The third kappa shape index (κ3) is 5.99. The molecule has 2 fully saturated rings. The molecule has 2 aliphatic rings. The van der Waals surface area contributed by atoms with Crippen LogP contribution in [0.25, 0.3) is 0 Å². The molecule has 5 heteroatoms. The van der Waals surface area contributed by atoms with Gasteiger partial charge < -0.3 is 20.1 Å². The van der Waals surface area contributed by atoms with Crippen molar-refractivity contribution in [1.29, 1.82) is 0 Å². The number of nitrogens with one attached hydrogen (secondary N) is 2. The van der Waals surface area contributed by atoms with Gasteiger partial charge in [-0.2, -0.15) is 0 Å². The second-order valence-electron chi connectivity index (χ2n) is 7.31. The number of benzene rings is 1. The van der Waals surface area contributed by atoms with Crippen molar-refractivity contribution >= 4 is 5.96 Å². The Morgan fingerprint density at radius 3 is 2.65 bits per heavy atom. The van der Waals surface area contributed by atoms with Gasteiger partial charge in [0.1, 0.15) is 0 Å². The van der Waals surface area contributed by atoms with Crippen molar-refractivity contribution in [2.75, 3.05) is 33.4 Å². The first-order valence-corrected chi connectivity index (χ1v) is 10.1. The fourth-order valence-electron chi connectivity index (χ4n) is 3.92. The van der Waals surface area contributed by atoms with Gasteiger partial charge in [-0.1, -0.05) is 30.3 Å². The van der Waals surface area contributed by atoms with Crippen LogP contribution in [0.2, 0.25) is 0 Å². The lowest BCUT2D eigenvalue weighted by molar-refractivity contribution is 0.0191. The highest BCUT2D eigenvalue weighted by Crippen LogP contribution is 2.32. The molecule has 1 saturated carbocycles. The maximum Gasteiger partial charge on any atom is 0.191 e. The van der Waals surface area contributed by atoms with E-state index in [1.54, 1.807) is 0 Å². The zero-order chi connectivity index (χ0) is 18.0. The van der Waals surface area contributed by atoms with Gasteiger partial charge >= 0.3 is 0 Å². The highest BCUT2D eigenvalue weighted by Gasteiger charge is 2.22. The first kappa shape index (κ1) is 19.2. The number of nitrogens with zero attached hydrogens (tertiary/aromatic N) is 1. The van der Waals surface area contributed by atoms with Crippen molar-refractivity contribution in [3.8, 4) is 0 Å². The van der Waals surface area contributed by atoms with Gasteiger partial charge in [0.25, 0.3) is 0 Å². The molecule has 1 aliphatic heterocycles. The minimum absolute atomic E-state index is 0.298. The zero-order valence-electron chi connectivity index (χ0n) is 16.0. The quantitative estimate of drug-likeness (QED) is 0.446. The molecule has 1 atom stereocenters. The van der Waals surface area contributed by atoms with Gasteiger partial charge in [0, 0.05) is 26.2 Å². The summed E-state index contributed by atoms with van der Waals surface area (Å²) in [5.74, 6) is 1.59. The summed E-state index contributed by atoms with van der Waals surface area (Å²) in [5, 5.41) is 6.93. The molecule has 0 spiro atoms. The predicted octanol–water partition coefficient (Wildman–Crippen LogP) is 3.07. The van der Waals surface area contributed by atoms with Crippen LogP contribution in [-0.4, -0.2) is 51.5 Å². The van der Waals surface area contributed by atoms with E-state index in [0.717, 1.165) is 32.0 Å². The van der Waals surface area contributed by atoms with E-state index in [1.165, 1.54) is 31.2 Å². The lowest BCUT2D eigenvalue weighted by atomic mass is 9.82. The minimum Gasteiger partial charge on any atom is -0.377 e. The van der Waals surface area contributed by atoms with Crippen molar-refractivity contribution in [3.63, 3.8) is 0 Å². The summed E-state index contributed by atoms with van der Waals surface area (Å²) >= 11 is 0. The molecule has 2 N–H and O–H groups in total. The molecular formula is C21H33N3O2. The highest BCUT2D eigenvalue weighted by atomic mass is 16.5. The van der Waals surface area contributed by atoms with Crippen molar-refractivity contribution in [2.45, 2.75) is 56.6 Å². The number of hydrogen-bond acceptors (Lipinski definition) is 3. The van der Waals surface area contributed by atoms with Crippen LogP contribution >= 0.6 is 0 Å². The van der Waals surface area contributed by atoms with Crippen LogP contribution in [-0.2, 0) is 9.47 Å². The molecule has 1 aromatic rings. The molecule has 0 amide bonds. The maximum absolute atomic E-state index is 5.70. The van der Waals surface area contributed by atoms with E-state index in [-0.39, 0.29) is 0 Å². The van der Waals surface area contributed by atoms with E-state index in [1.807, 2.05) is 7.05 Å². The van der Waals surface area contributed by atoms with Crippen molar-refractivity contribution in [3.05, 3.63) is 35.9 Å². The average Bonchev–Trinajstić information content (AvgIpc) is 3.21. The molecule has 1 aliphatic carbocycles. The van der Waals surface area contributed by atoms with E-state index in [2.05, 4.69) is 46.0 Å². The standard InChI is InChI=1S/C21H33N3O2/c1-22-21(23-13-15-25-16-20-8-5-14-26-20)24-19-11-9-18(10-12-19)17-6-3-2-4-7-17/h2-4,6-7,18-20H,5,8-16H2,1H3,(H2,22,23,24). The molecule has 26 heavy (non-hydrogen) atoms. The Morgan fingerprint density at radius 1 is 1.15 bits per heavy atom. The summed E-state index contributed by atoms with van der Waals surface area (Å²) in [6.07, 6.45) is 7.45. The third-order valence-electron chi connectivity index (χ3n) is 5.43. The first-order chi connectivity index (χ1) is 12.8. The summed E-state index contributed by atoms with van der Waals surface area (Å²) in [7, 11) is 1.83. The predicted molar refractivity (Wildman–Crippen MR) is 106 cm³/mol. The SMILES string of the molecule is CN=C(NCCOCC1CCCO1)NC1CCC(c2ccccc2)CC1. The molecule has 1 heterocycles. The van der Waals surface area contributed by atoms with Gasteiger partial charge in [-0.05, 0) is 50.0 Å². The lowest BCUT2D eigenvalue weighted by Gasteiger charge is -2.30. The first-order valence-electron chi connectivity index (χ1n) is 10.1. The van der Waals surface area contributed by atoms with E-state index in [9.17, 15) is 0 Å². The van der Waals surface area contributed by atoms with Gasteiger partial charge in [-0.25, -0.2) is 0 Å². The molecule has 1 unspecified atom stereocenters. The lowest BCUT2D eigenvalue weighted by Crippen LogP contribution is -2.45. The monoisotopic (exact) mass is 359 g/mol. The van der Waals surface area contributed by atoms with Crippen LogP contribution in [0.15, 0.2) is 35.3 Å². The maximum atomic E-state index is 5.70. The number of hydrogen-bond donors (Lipinski definition) is 2. The molecule has 3 rings (SSSR count). The van der Waals surface area contributed by atoms with Crippen LogP contribution in [0.5, 0.6) is 0 Å². The van der Waals surface area contributed by atoms with Gasteiger partial charge in [0.2, 0.25) is 0 Å². The molecule has 0 radical (unpaired) electrons. The Bertz CT molecular complexity index is 535. The van der Waals surface area contributed by atoms with Crippen molar-refractivity contribution in [1.82, 2.24) is 10.6 Å². The van der Waals surface area contributed by atoms with E-state index >= 15 is 0 Å². The summed E-state index contributed by atoms with van der Waals surface area (Å²) in [6.45, 7) is 3.04. The van der Waals surface area contributed by atoms with Gasteiger partial charge in [0.15, 0.2) is 5.96 Å². The fraction of sp³-hybridized carbons (Fsp3) is 0.667. The van der Waals surface area contributed by atoms with Crippen molar-refractivity contribution < 1.29 is 9.47 Å². The Balaban J connectivity index is 1.30. The minimum atomic E-state index is 0.298. The van der Waals surface area contributed by atoms with Gasteiger partial charge in [-0.15, -0.1) is 0 Å². The summed E-state index contributed by atoms with van der Waals surface area (Å²) < 4.78 is 11.3. The Morgan fingerprint density at radius 2 is 1.96 bits per heavy atom. The Hall–Kier alpha value is -1.59. The normalized spacial score (nSPS) is 26.7. The summed E-state index contributed by atoms with van der Waals surface area (Å²) in [5.41, 5.74) is 1.48. The average molecular weight is 360 g/mol. The van der Waals surface area contributed by atoms with Crippen LogP contribution < -0.4 is 10.6 Å². The van der Waals surface area contributed by atoms with E-state index < -0.39 is 0 Å². The third-order valence-corrected chi connectivity index (χ3v) is 5.43. The second kappa shape index (κ2) is 10.5.